The van der Waals surface area contributed by atoms with Gasteiger partial charge in [-0.25, -0.2) is 4.68 Å². The van der Waals surface area contributed by atoms with E-state index in [1.807, 2.05) is 24.3 Å². The minimum absolute atomic E-state index is 0.215. The molecule has 17 heavy (non-hydrogen) atoms. The highest BCUT2D eigenvalue weighted by molar-refractivity contribution is 6.30. The number of hydrogen-bond acceptors (Lipinski definition) is 3. The van der Waals surface area contributed by atoms with Crippen LogP contribution >= 0.6 is 11.6 Å². The number of benzene rings is 1. The molecule has 0 aliphatic heterocycles. The largest absolute Gasteiger partial charge is 0.497 e. The second kappa shape index (κ2) is 5.01. The first-order valence-corrected chi connectivity index (χ1v) is 5.42. The van der Waals surface area contributed by atoms with Gasteiger partial charge in [0.2, 0.25) is 0 Å². The topological polar surface area (TPSA) is 44.1 Å². The Kier molecular flexibility index (Phi) is 3.44. The van der Waals surface area contributed by atoms with Crippen LogP contribution in [0.1, 0.15) is 5.56 Å². The molecule has 0 unspecified atom stereocenters. The van der Waals surface area contributed by atoms with Crippen molar-refractivity contribution < 1.29 is 4.74 Å². The smallest absolute Gasteiger partial charge is 0.268 e. The third-order valence-electron chi connectivity index (χ3n) is 2.33. The van der Waals surface area contributed by atoms with Crippen LogP contribution in [0.25, 0.3) is 0 Å². The van der Waals surface area contributed by atoms with E-state index in [0.717, 1.165) is 11.3 Å². The standard InChI is InChI=1S/C12H11ClN2O2/c1-17-11-4-2-9(3-5-11)8-15-12(16)6-10(13)7-14-15/h2-7H,8H2,1H3. The Morgan fingerprint density at radius 1 is 1.35 bits per heavy atom. The molecular formula is C12H11ClN2O2. The maximum atomic E-state index is 11.6. The van der Waals surface area contributed by atoms with Gasteiger partial charge in [-0.05, 0) is 17.7 Å². The highest BCUT2D eigenvalue weighted by atomic mass is 35.5. The van der Waals surface area contributed by atoms with Gasteiger partial charge in [0.05, 0.1) is 24.9 Å². The number of nitrogens with zero attached hydrogens (tertiary/aromatic N) is 2. The summed E-state index contributed by atoms with van der Waals surface area (Å²) in [5.74, 6) is 0.783. The fraction of sp³-hybridized carbons (Fsp3) is 0.167. The molecule has 0 bridgehead atoms. The number of rotatable bonds is 3. The average molecular weight is 251 g/mol. The summed E-state index contributed by atoms with van der Waals surface area (Å²) in [6, 6.07) is 8.81. The van der Waals surface area contributed by atoms with E-state index >= 15 is 0 Å². The van der Waals surface area contributed by atoms with Gasteiger partial charge in [0, 0.05) is 6.07 Å². The summed E-state index contributed by atoms with van der Waals surface area (Å²) in [5.41, 5.74) is 0.760. The predicted octanol–water partition coefficient (Wildman–Crippen LogP) is 1.95. The summed E-state index contributed by atoms with van der Waals surface area (Å²) in [6.07, 6.45) is 1.45. The number of ether oxygens (including phenoxy) is 1. The van der Waals surface area contributed by atoms with Gasteiger partial charge in [-0.15, -0.1) is 0 Å². The zero-order chi connectivity index (χ0) is 12.3. The minimum atomic E-state index is -0.215. The minimum Gasteiger partial charge on any atom is -0.497 e. The van der Waals surface area contributed by atoms with Crippen LogP contribution in [0.5, 0.6) is 5.75 Å². The molecule has 0 spiro atoms. The molecule has 0 N–H and O–H groups in total. The quantitative estimate of drug-likeness (QED) is 0.836. The van der Waals surface area contributed by atoms with Gasteiger partial charge < -0.3 is 4.74 Å². The lowest BCUT2D eigenvalue weighted by Gasteiger charge is -2.05. The van der Waals surface area contributed by atoms with E-state index in [-0.39, 0.29) is 5.56 Å². The molecule has 4 nitrogen and oxygen atoms in total. The summed E-state index contributed by atoms with van der Waals surface area (Å²) < 4.78 is 6.41. The van der Waals surface area contributed by atoms with Gasteiger partial charge in [0.1, 0.15) is 5.75 Å². The fourth-order valence-corrected chi connectivity index (χ4v) is 1.57. The molecule has 0 amide bonds. The molecule has 1 heterocycles. The van der Waals surface area contributed by atoms with Crippen LogP contribution in [0.4, 0.5) is 0 Å². The van der Waals surface area contributed by atoms with Crippen molar-refractivity contribution in [2.75, 3.05) is 7.11 Å². The van der Waals surface area contributed by atoms with Gasteiger partial charge in [-0.1, -0.05) is 23.7 Å². The third-order valence-corrected chi connectivity index (χ3v) is 2.53. The average Bonchev–Trinajstić information content (AvgIpc) is 2.34. The molecule has 1 aromatic carbocycles. The molecule has 0 saturated heterocycles. The summed E-state index contributed by atoms with van der Waals surface area (Å²) in [6.45, 7) is 0.417. The summed E-state index contributed by atoms with van der Waals surface area (Å²) in [4.78, 5) is 11.6. The van der Waals surface area contributed by atoms with E-state index < -0.39 is 0 Å². The van der Waals surface area contributed by atoms with Crippen molar-refractivity contribution >= 4 is 11.6 Å². The molecule has 0 aliphatic rings. The molecule has 88 valence electrons. The maximum absolute atomic E-state index is 11.6. The Morgan fingerprint density at radius 3 is 2.65 bits per heavy atom. The van der Waals surface area contributed by atoms with Crippen LogP contribution in [0.15, 0.2) is 41.3 Å². The van der Waals surface area contributed by atoms with Crippen LogP contribution in [-0.2, 0) is 6.54 Å². The van der Waals surface area contributed by atoms with E-state index in [1.54, 1.807) is 7.11 Å². The fourth-order valence-electron chi connectivity index (χ4n) is 1.43. The molecule has 2 aromatic rings. The Hall–Kier alpha value is -1.81. The van der Waals surface area contributed by atoms with Crippen LogP contribution in [0, 0.1) is 0 Å². The maximum Gasteiger partial charge on any atom is 0.268 e. The molecule has 2 rings (SSSR count). The highest BCUT2D eigenvalue weighted by Gasteiger charge is 2.00. The molecular weight excluding hydrogens is 240 g/mol. The number of hydrogen-bond donors (Lipinski definition) is 0. The van der Waals surface area contributed by atoms with Crippen molar-refractivity contribution in [1.29, 1.82) is 0 Å². The van der Waals surface area contributed by atoms with Crippen molar-refractivity contribution in [3.8, 4) is 5.75 Å². The summed E-state index contributed by atoms with van der Waals surface area (Å²) in [5, 5.41) is 4.30. The van der Waals surface area contributed by atoms with Gasteiger partial charge in [0.25, 0.3) is 5.56 Å². The van der Waals surface area contributed by atoms with Crippen LogP contribution in [0.2, 0.25) is 5.02 Å². The van der Waals surface area contributed by atoms with E-state index in [9.17, 15) is 4.79 Å². The first kappa shape index (κ1) is 11.7. The highest BCUT2D eigenvalue weighted by Crippen LogP contribution is 2.11. The monoisotopic (exact) mass is 250 g/mol. The van der Waals surface area contributed by atoms with Gasteiger partial charge in [-0.3, -0.25) is 4.79 Å². The van der Waals surface area contributed by atoms with Crippen molar-refractivity contribution in [3.63, 3.8) is 0 Å². The SMILES string of the molecule is COc1ccc(Cn2ncc(Cl)cc2=O)cc1. The first-order valence-electron chi connectivity index (χ1n) is 5.04. The molecule has 0 radical (unpaired) electrons. The molecule has 0 saturated carbocycles. The van der Waals surface area contributed by atoms with Crippen molar-refractivity contribution in [2.45, 2.75) is 6.54 Å². The number of methoxy groups -OCH3 is 1. The summed E-state index contributed by atoms with van der Waals surface area (Å²) >= 11 is 5.67. The zero-order valence-corrected chi connectivity index (χ0v) is 10.0. The first-order chi connectivity index (χ1) is 8.19. The molecule has 1 aromatic heterocycles. The molecule has 0 fully saturated rings. The van der Waals surface area contributed by atoms with Crippen molar-refractivity contribution in [1.82, 2.24) is 9.78 Å². The van der Waals surface area contributed by atoms with E-state index in [1.165, 1.54) is 16.9 Å². The Labute approximate surface area is 103 Å². The van der Waals surface area contributed by atoms with E-state index in [4.69, 9.17) is 16.3 Å². The van der Waals surface area contributed by atoms with Crippen LogP contribution < -0.4 is 10.3 Å². The van der Waals surface area contributed by atoms with Gasteiger partial charge in [0.15, 0.2) is 0 Å². The second-order valence-corrected chi connectivity index (χ2v) is 3.95. The number of aromatic nitrogens is 2. The second-order valence-electron chi connectivity index (χ2n) is 3.52. The van der Waals surface area contributed by atoms with Crippen LogP contribution in [-0.4, -0.2) is 16.9 Å². The molecule has 5 heteroatoms. The van der Waals surface area contributed by atoms with Gasteiger partial charge >= 0.3 is 0 Å². The van der Waals surface area contributed by atoms with Crippen LogP contribution in [0.3, 0.4) is 0 Å². The van der Waals surface area contributed by atoms with Crippen molar-refractivity contribution in [2.24, 2.45) is 0 Å². The number of halogens is 1. The third kappa shape index (κ3) is 2.85. The van der Waals surface area contributed by atoms with E-state index in [2.05, 4.69) is 5.10 Å². The predicted molar refractivity (Wildman–Crippen MR) is 65.6 cm³/mol. The molecule has 0 atom stereocenters. The normalized spacial score (nSPS) is 10.2. The zero-order valence-electron chi connectivity index (χ0n) is 9.26. The lowest BCUT2D eigenvalue weighted by Crippen LogP contribution is -2.22. The Bertz CT molecular complexity index is 563. The van der Waals surface area contributed by atoms with Gasteiger partial charge in [-0.2, -0.15) is 5.10 Å². The lowest BCUT2D eigenvalue weighted by molar-refractivity contribution is 0.414. The van der Waals surface area contributed by atoms with E-state index in [0.29, 0.717) is 11.6 Å². The lowest BCUT2D eigenvalue weighted by atomic mass is 10.2. The summed E-state index contributed by atoms with van der Waals surface area (Å²) in [7, 11) is 1.61. The van der Waals surface area contributed by atoms with Crippen molar-refractivity contribution in [3.05, 3.63) is 57.5 Å². The Balaban J connectivity index is 2.22. The molecule has 0 aliphatic carbocycles. The Morgan fingerprint density at radius 2 is 2.06 bits per heavy atom.